The molecule has 0 saturated carbocycles. The number of aliphatic hydroxyl groups excluding tert-OH is 11. The Kier molecular flexibility index (Phi) is 10.5. The Morgan fingerprint density at radius 2 is 0.974 bits per heavy atom. The van der Waals surface area contributed by atoms with E-state index < -0.39 is 124 Å². The van der Waals surface area contributed by atoms with Crippen LogP contribution in [-0.2, 0) is 33.2 Å². The van der Waals surface area contributed by atoms with Crippen molar-refractivity contribution in [2.75, 3.05) is 26.4 Å². The SMILES string of the molecule is OC[C@@H]1O[C@H](O)[C@@H](O[C@@H]2OC[C@@H](O)[C@H](O)[C@H]2O)[C@H](O)[C@@H]1O[C@@H]1OC[C@@H](O[C@@H]2OC[C@@H](O)[C@H](O)[C@H]2O)[C@H](O)[C@H]1O. The zero-order valence-electron chi connectivity index (χ0n) is 20.4. The number of hydrogen-bond donors (Lipinski definition) is 11. The van der Waals surface area contributed by atoms with Crippen molar-refractivity contribution in [3.8, 4) is 0 Å². The Hall–Kier alpha value is -0.720. The van der Waals surface area contributed by atoms with Crippen LogP contribution in [0.15, 0.2) is 0 Å². The summed E-state index contributed by atoms with van der Waals surface area (Å²) in [5.74, 6) is 0. The Morgan fingerprint density at radius 1 is 0.513 bits per heavy atom. The average molecular weight is 577 g/mol. The van der Waals surface area contributed by atoms with Crippen LogP contribution in [0.1, 0.15) is 0 Å². The first-order valence-corrected chi connectivity index (χ1v) is 12.3. The van der Waals surface area contributed by atoms with Gasteiger partial charge in [0, 0.05) is 0 Å². The molecule has 18 heteroatoms. The fourth-order valence-corrected chi connectivity index (χ4v) is 4.66. The molecule has 0 bridgehead atoms. The molecule has 18 nitrogen and oxygen atoms in total. The number of hydrogen-bond acceptors (Lipinski definition) is 18. The summed E-state index contributed by atoms with van der Waals surface area (Å²) < 4.78 is 37.3. The predicted octanol–water partition coefficient (Wildman–Crippen LogP) is -7.83. The molecule has 4 heterocycles. The van der Waals surface area contributed by atoms with Crippen LogP contribution < -0.4 is 0 Å². The maximum atomic E-state index is 10.9. The molecule has 4 fully saturated rings. The summed E-state index contributed by atoms with van der Waals surface area (Å²) in [5.41, 5.74) is 0. The summed E-state index contributed by atoms with van der Waals surface area (Å²) in [4.78, 5) is 0. The van der Waals surface area contributed by atoms with E-state index in [1.165, 1.54) is 0 Å². The fraction of sp³-hybridized carbons (Fsp3) is 1.00. The lowest BCUT2D eigenvalue weighted by Crippen LogP contribution is -2.65. The van der Waals surface area contributed by atoms with Crippen LogP contribution in [0.2, 0.25) is 0 Å². The maximum Gasteiger partial charge on any atom is 0.186 e. The van der Waals surface area contributed by atoms with Crippen LogP contribution in [-0.4, -0.2) is 187 Å². The van der Waals surface area contributed by atoms with Crippen molar-refractivity contribution in [3.05, 3.63) is 0 Å². The molecule has 4 rings (SSSR count). The van der Waals surface area contributed by atoms with Crippen LogP contribution in [0.3, 0.4) is 0 Å². The zero-order chi connectivity index (χ0) is 28.6. The zero-order valence-corrected chi connectivity index (χ0v) is 20.4. The van der Waals surface area contributed by atoms with Crippen LogP contribution >= 0.6 is 0 Å². The second-order valence-electron chi connectivity index (χ2n) is 9.80. The van der Waals surface area contributed by atoms with Gasteiger partial charge in [0.2, 0.25) is 0 Å². The van der Waals surface area contributed by atoms with E-state index in [0.717, 1.165) is 0 Å². The quantitative estimate of drug-likeness (QED) is 0.134. The standard InChI is InChI=1S/C21H36O18/c22-1-7-16(15(31)17(18(32)36-7)39-20-13(29)10(26)6(24)3-34-20)38-21-14(30)11(27)8(4-35-21)37-19-12(28)9(25)5(23)2-33-19/h5-32H,1-4H2/t5-,6-,7+,8-,9+,10+,11+,12-,13-,14-,15-,16-,17+,18+,19+,20+,21+/m1/s1. The molecule has 0 spiro atoms. The van der Waals surface area contributed by atoms with E-state index in [9.17, 15) is 56.2 Å². The fourth-order valence-electron chi connectivity index (χ4n) is 4.66. The lowest BCUT2D eigenvalue weighted by atomic mass is 9.97. The Balaban J connectivity index is 1.38. The molecule has 228 valence electrons. The molecule has 0 aliphatic carbocycles. The Bertz CT molecular complexity index is 777. The van der Waals surface area contributed by atoms with Gasteiger partial charge in [0.1, 0.15) is 79.4 Å². The monoisotopic (exact) mass is 576 g/mol. The molecule has 0 aromatic carbocycles. The highest BCUT2D eigenvalue weighted by Crippen LogP contribution is 2.31. The summed E-state index contributed by atoms with van der Waals surface area (Å²) in [6.45, 7) is -2.00. The summed E-state index contributed by atoms with van der Waals surface area (Å²) in [5, 5.41) is 111. The first-order valence-electron chi connectivity index (χ1n) is 12.3. The summed E-state index contributed by atoms with van der Waals surface area (Å²) >= 11 is 0. The van der Waals surface area contributed by atoms with E-state index in [-0.39, 0.29) is 6.61 Å². The third kappa shape index (κ3) is 6.53. The van der Waals surface area contributed by atoms with Crippen molar-refractivity contribution in [2.45, 2.75) is 105 Å². The van der Waals surface area contributed by atoms with E-state index in [1.807, 2.05) is 0 Å². The van der Waals surface area contributed by atoms with Crippen molar-refractivity contribution >= 4 is 0 Å². The van der Waals surface area contributed by atoms with E-state index in [4.69, 9.17) is 33.2 Å². The first-order chi connectivity index (χ1) is 18.4. The molecule has 0 radical (unpaired) electrons. The van der Waals surface area contributed by atoms with Gasteiger partial charge in [0.25, 0.3) is 0 Å². The molecular weight excluding hydrogens is 540 g/mol. The molecule has 0 amide bonds. The van der Waals surface area contributed by atoms with Crippen LogP contribution in [0.25, 0.3) is 0 Å². The van der Waals surface area contributed by atoms with E-state index >= 15 is 0 Å². The molecule has 4 aliphatic rings. The number of rotatable bonds is 7. The smallest absolute Gasteiger partial charge is 0.186 e. The minimum atomic E-state index is -1.87. The minimum Gasteiger partial charge on any atom is -0.394 e. The van der Waals surface area contributed by atoms with Gasteiger partial charge >= 0.3 is 0 Å². The van der Waals surface area contributed by atoms with E-state index in [0.29, 0.717) is 0 Å². The first kappa shape index (κ1) is 31.2. The lowest BCUT2D eigenvalue weighted by Gasteiger charge is -2.47. The molecule has 4 saturated heterocycles. The maximum absolute atomic E-state index is 10.9. The molecule has 0 unspecified atom stereocenters. The topological polar surface area (TPSA) is 287 Å². The van der Waals surface area contributed by atoms with Crippen molar-refractivity contribution in [3.63, 3.8) is 0 Å². The largest absolute Gasteiger partial charge is 0.394 e. The lowest BCUT2D eigenvalue weighted by molar-refractivity contribution is -0.376. The average Bonchev–Trinajstić information content (AvgIpc) is 2.91. The van der Waals surface area contributed by atoms with Crippen molar-refractivity contribution in [1.82, 2.24) is 0 Å². The van der Waals surface area contributed by atoms with Gasteiger partial charge in [-0.1, -0.05) is 0 Å². The predicted molar refractivity (Wildman–Crippen MR) is 116 cm³/mol. The van der Waals surface area contributed by atoms with Crippen molar-refractivity contribution in [1.29, 1.82) is 0 Å². The highest BCUT2D eigenvalue weighted by atomic mass is 16.8. The second-order valence-corrected chi connectivity index (χ2v) is 9.80. The van der Waals surface area contributed by atoms with Gasteiger partial charge in [-0.05, 0) is 0 Å². The third-order valence-corrected chi connectivity index (χ3v) is 7.05. The summed E-state index contributed by atoms with van der Waals surface area (Å²) in [7, 11) is 0. The minimum absolute atomic E-state index is 0.361. The molecule has 11 N–H and O–H groups in total. The number of aliphatic hydroxyl groups is 11. The summed E-state index contributed by atoms with van der Waals surface area (Å²) in [6.07, 6.45) is -27.1. The van der Waals surface area contributed by atoms with Crippen LogP contribution in [0, 0.1) is 0 Å². The summed E-state index contributed by atoms with van der Waals surface area (Å²) in [6, 6.07) is 0. The van der Waals surface area contributed by atoms with Gasteiger partial charge in [-0.3, -0.25) is 0 Å². The van der Waals surface area contributed by atoms with E-state index in [1.54, 1.807) is 0 Å². The second kappa shape index (κ2) is 13.1. The van der Waals surface area contributed by atoms with Crippen molar-refractivity contribution < 1.29 is 89.3 Å². The third-order valence-electron chi connectivity index (χ3n) is 7.05. The highest BCUT2D eigenvalue weighted by molar-refractivity contribution is 4.94. The van der Waals surface area contributed by atoms with Gasteiger partial charge in [0.05, 0.1) is 26.4 Å². The molecule has 39 heavy (non-hydrogen) atoms. The van der Waals surface area contributed by atoms with Gasteiger partial charge < -0.3 is 89.3 Å². The van der Waals surface area contributed by atoms with Crippen LogP contribution in [0.5, 0.6) is 0 Å². The number of ether oxygens (including phenoxy) is 7. The van der Waals surface area contributed by atoms with E-state index in [2.05, 4.69) is 0 Å². The van der Waals surface area contributed by atoms with Crippen molar-refractivity contribution in [2.24, 2.45) is 0 Å². The normalized spacial score (nSPS) is 53.5. The molecular formula is C21H36O18. The molecule has 0 aromatic heterocycles. The van der Waals surface area contributed by atoms with Gasteiger partial charge in [-0.2, -0.15) is 0 Å². The van der Waals surface area contributed by atoms with Gasteiger partial charge in [0.15, 0.2) is 25.2 Å². The van der Waals surface area contributed by atoms with Gasteiger partial charge in [-0.15, -0.1) is 0 Å². The molecule has 4 aliphatic heterocycles. The molecule has 0 aromatic rings. The van der Waals surface area contributed by atoms with Gasteiger partial charge in [-0.25, -0.2) is 0 Å². The molecule has 17 atom stereocenters. The highest BCUT2D eigenvalue weighted by Gasteiger charge is 2.52. The Labute approximate surface area is 221 Å². The Morgan fingerprint density at radius 3 is 1.51 bits per heavy atom. The van der Waals surface area contributed by atoms with Crippen LogP contribution in [0.4, 0.5) is 0 Å².